The minimum absolute atomic E-state index is 0.00802. The Morgan fingerprint density at radius 2 is 1.71 bits per heavy atom. The van der Waals surface area contributed by atoms with Gasteiger partial charge < -0.3 is 5.32 Å². The first-order chi connectivity index (χ1) is 9.80. The maximum Gasteiger partial charge on any atom is 0.258 e. The number of rotatable bonds is 3. The van der Waals surface area contributed by atoms with Crippen molar-refractivity contribution < 1.29 is 22.0 Å². The number of amides is 1. The molecule has 0 aliphatic rings. The summed E-state index contributed by atoms with van der Waals surface area (Å²) in [6.45, 7) is 0. The van der Waals surface area contributed by atoms with Crippen LogP contribution in [0.15, 0.2) is 47.4 Å². The quantitative estimate of drug-likeness (QED) is 0.948. The van der Waals surface area contributed by atoms with Gasteiger partial charge in [0.2, 0.25) is 0 Å². The number of para-hydroxylation sites is 1. The summed E-state index contributed by atoms with van der Waals surface area (Å²) in [6, 6.07) is 8.88. The molecule has 7 heteroatoms. The van der Waals surface area contributed by atoms with E-state index >= 15 is 0 Å². The zero-order valence-electron chi connectivity index (χ0n) is 10.9. The molecule has 1 N–H and O–H groups in total. The van der Waals surface area contributed by atoms with Crippen LogP contribution in [0.25, 0.3) is 0 Å². The molecule has 1 amide bonds. The number of halogens is 2. The third kappa shape index (κ3) is 3.25. The minimum Gasteiger partial charge on any atom is -0.321 e. The van der Waals surface area contributed by atoms with Crippen molar-refractivity contribution in [2.45, 2.75) is 4.90 Å². The van der Waals surface area contributed by atoms with Gasteiger partial charge in [0.15, 0.2) is 21.5 Å². The molecule has 0 atom stereocenters. The highest BCUT2D eigenvalue weighted by atomic mass is 32.2. The third-order valence-electron chi connectivity index (χ3n) is 2.73. The van der Waals surface area contributed by atoms with Crippen molar-refractivity contribution in [2.24, 2.45) is 0 Å². The summed E-state index contributed by atoms with van der Waals surface area (Å²) in [7, 11) is -3.56. The van der Waals surface area contributed by atoms with Crippen LogP contribution in [-0.2, 0) is 9.84 Å². The fourth-order valence-corrected chi connectivity index (χ4v) is 2.61. The standard InChI is InChI=1S/C14H11F2NO3S/c1-21(19,20)12-8-3-2-7-11(12)17-14(18)9-5-4-6-10(15)13(9)16/h2-8H,1H3,(H,17,18). The van der Waals surface area contributed by atoms with Crippen LogP contribution in [0.3, 0.4) is 0 Å². The van der Waals surface area contributed by atoms with E-state index in [9.17, 15) is 22.0 Å². The maximum atomic E-state index is 13.5. The van der Waals surface area contributed by atoms with Gasteiger partial charge in [-0.15, -0.1) is 0 Å². The molecular formula is C14H11F2NO3S. The number of carbonyl (C=O) groups excluding carboxylic acids is 1. The molecule has 2 aromatic rings. The highest BCUT2D eigenvalue weighted by Crippen LogP contribution is 2.22. The number of hydrogen-bond acceptors (Lipinski definition) is 3. The number of hydrogen-bond donors (Lipinski definition) is 1. The van der Waals surface area contributed by atoms with Crippen LogP contribution < -0.4 is 5.32 Å². The van der Waals surface area contributed by atoms with E-state index in [1.165, 1.54) is 30.3 Å². The molecule has 0 saturated heterocycles. The molecule has 2 aromatic carbocycles. The Hall–Kier alpha value is -2.28. The van der Waals surface area contributed by atoms with Crippen LogP contribution in [0.5, 0.6) is 0 Å². The second-order valence-electron chi connectivity index (χ2n) is 4.32. The lowest BCUT2D eigenvalue weighted by atomic mass is 10.2. The summed E-state index contributed by atoms with van der Waals surface area (Å²) in [5.41, 5.74) is -0.494. The monoisotopic (exact) mass is 311 g/mol. The summed E-state index contributed by atoms with van der Waals surface area (Å²) in [5.74, 6) is -3.37. The Labute approximate surface area is 120 Å². The molecule has 2 rings (SSSR count). The van der Waals surface area contributed by atoms with E-state index in [0.717, 1.165) is 18.4 Å². The predicted octanol–water partition coefficient (Wildman–Crippen LogP) is 2.62. The second kappa shape index (κ2) is 5.61. The van der Waals surface area contributed by atoms with Gasteiger partial charge in [0, 0.05) is 6.26 Å². The zero-order valence-corrected chi connectivity index (χ0v) is 11.7. The zero-order chi connectivity index (χ0) is 15.6. The topological polar surface area (TPSA) is 63.2 Å². The van der Waals surface area contributed by atoms with Crippen LogP contribution >= 0.6 is 0 Å². The molecule has 0 radical (unpaired) electrons. The maximum absolute atomic E-state index is 13.5. The Kier molecular flexibility index (Phi) is 4.04. The van der Waals surface area contributed by atoms with Crippen LogP contribution in [0, 0.1) is 11.6 Å². The lowest BCUT2D eigenvalue weighted by molar-refractivity contribution is 0.102. The summed E-state index contributed by atoms with van der Waals surface area (Å²) >= 11 is 0. The number of benzene rings is 2. The lowest BCUT2D eigenvalue weighted by Crippen LogP contribution is -2.16. The second-order valence-corrected chi connectivity index (χ2v) is 6.31. The van der Waals surface area contributed by atoms with E-state index in [1.54, 1.807) is 0 Å². The Bertz CT molecular complexity index is 804. The van der Waals surface area contributed by atoms with Crippen molar-refractivity contribution in [2.75, 3.05) is 11.6 Å². The van der Waals surface area contributed by atoms with Gasteiger partial charge in [0.25, 0.3) is 5.91 Å². The van der Waals surface area contributed by atoms with Gasteiger partial charge in [-0.1, -0.05) is 18.2 Å². The molecule has 110 valence electrons. The molecule has 0 saturated carbocycles. The molecule has 0 heterocycles. The largest absolute Gasteiger partial charge is 0.321 e. The van der Waals surface area contributed by atoms with Crippen molar-refractivity contribution in [1.29, 1.82) is 0 Å². The summed E-state index contributed by atoms with van der Waals surface area (Å²) < 4.78 is 49.8. The number of sulfone groups is 1. The molecule has 0 aliphatic heterocycles. The van der Waals surface area contributed by atoms with Crippen LogP contribution in [0.4, 0.5) is 14.5 Å². The highest BCUT2D eigenvalue weighted by Gasteiger charge is 2.18. The number of nitrogens with one attached hydrogen (secondary N) is 1. The average molecular weight is 311 g/mol. The smallest absolute Gasteiger partial charge is 0.258 e. The van der Waals surface area contributed by atoms with Gasteiger partial charge in [-0.2, -0.15) is 0 Å². The summed E-state index contributed by atoms with van der Waals surface area (Å²) in [4.78, 5) is 11.9. The molecule has 0 fully saturated rings. The van der Waals surface area contributed by atoms with Gasteiger partial charge in [0.1, 0.15) is 0 Å². The van der Waals surface area contributed by atoms with E-state index < -0.39 is 32.9 Å². The molecule has 0 bridgehead atoms. The summed E-state index contributed by atoms with van der Waals surface area (Å²) in [5, 5.41) is 2.28. The van der Waals surface area contributed by atoms with Gasteiger partial charge in [0.05, 0.1) is 16.1 Å². The Morgan fingerprint density at radius 3 is 2.38 bits per heavy atom. The minimum atomic E-state index is -3.56. The van der Waals surface area contributed by atoms with E-state index in [1.807, 2.05) is 0 Å². The normalized spacial score (nSPS) is 11.2. The van der Waals surface area contributed by atoms with E-state index in [-0.39, 0.29) is 10.6 Å². The highest BCUT2D eigenvalue weighted by molar-refractivity contribution is 7.90. The lowest BCUT2D eigenvalue weighted by Gasteiger charge is -2.10. The van der Waals surface area contributed by atoms with Crippen LogP contribution in [0.2, 0.25) is 0 Å². The fourth-order valence-electron chi connectivity index (χ4n) is 1.76. The van der Waals surface area contributed by atoms with Gasteiger partial charge >= 0.3 is 0 Å². The van der Waals surface area contributed by atoms with Crippen LogP contribution in [-0.4, -0.2) is 20.6 Å². The first kappa shape index (κ1) is 15.1. The van der Waals surface area contributed by atoms with Crippen molar-refractivity contribution >= 4 is 21.4 Å². The first-order valence-corrected chi connectivity index (χ1v) is 7.74. The van der Waals surface area contributed by atoms with Gasteiger partial charge in [-0.3, -0.25) is 4.79 Å². The van der Waals surface area contributed by atoms with Gasteiger partial charge in [-0.05, 0) is 24.3 Å². The molecule has 0 unspecified atom stereocenters. The number of anilines is 1. The van der Waals surface area contributed by atoms with Crippen molar-refractivity contribution in [1.82, 2.24) is 0 Å². The molecule has 0 aromatic heterocycles. The molecule has 21 heavy (non-hydrogen) atoms. The Balaban J connectivity index is 2.40. The summed E-state index contributed by atoms with van der Waals surface area (Å²) in [6.07, 6.45) is 0.987. The van der Waals surface area contributed by atoms with Crippen LogP contribution in [0.1, 0.15) is 10.4 Å². The average Bonchev–Trinajstić information content (AvgIpc) is 2.41. The number of carbonyl (C=O) groups is 1. The predicted molar refractivity (Wildman–Crippen MR) is 73.9 cm³/mol. The van der Waals surface area contributed by atoms with Gasteiger partial charge in [-0.25, -0.2) is 17.2 Å². The van der Waals surface area contributed by atoms with E-state index in [4.69, 9.17) is 0 Å². The van der Waals surface area contributed by atoms with Crippen molar-refractivity contribution in [3.05, 3.63) is 59.7 Å². The third-order valence-corrected chi connectivity index (χ3v) is 3.89. The molecule has 4 nitrogen and oxygen atoms in total. The fraction of sp³-hybridized carbons (Fsp3) is 0.0714. The SMILES string of the molecule is CS(=O)(=O)c1ccccc1NC(=O)c1cccc(F)c1F. The van der Waals surface area contributed by atoms with E-state index in [2.05, 4.69) is 5.32 Å². The molecule has 0 aliphatic carbocycles. The molecule has 0 spiro atoms. The molecular weight excluding hydrogens is 300 g/mol. The van der Waals surface area contributed by atoms with Crippen molar-refractivity contribution in [3.8, 4) is 0 Å². The first-order valence-electron chi connectivity index (χ1n) is 5.85. The Morgan fingerprint density at radius 1 is 1.05 bits per heavy atom. The van der Waals surface area contributed by atoms with E-state index in [0.29, 0.717) is 0 Å². The van der Waals surface area contributed by atoms with Crippen molar-refractivity contribution in [3.63, 3.8) is 0 Å².